The first-order valence-electron chi connectivity index (χ1n) is 6.42. The summed E-state index contributed by atoms with van der Waals surface area (Å²) in [4.78, 5) is 13.4. The van der Waals surface area contributed by atoms with Crippen LogP contribution >= 0.6 is 0 Å². The highest BCUT2D eigenvalue weighted by atomic mass is 16.4. The number of hydrogen-bond acceptors (Lipinski definition) is 3. The van der Waals surface area contributed by atoms with Crippen molar-refractivity contribution >= 4 is 17.3 Å². The molecule has 1 aliphatic rings. The highest BCUT2D eigenvalue weighted by Gasteiger charge is 2.25. The van der Waals surface area contributed by atoms with E-state index in [1.807, 2.05) is 6.07 Å². The molecule has 0 radical (unpaired) electrons. The van der Waals surface area contributed by atoms with Gasteiger partial charge in [0, 0.05) is 23.5 Å². The summed E-state index contributed by atoms with van der Waals surface area (Å²) in [6.45, 7) is 4.37. The first kappa shape index (κ1) is 12.7. The summed E-state index contributed by atoms with van der Waals surface area (Å²) in [6, 6.07) is 6.18. The third kappa shape index (κ3) is 2.28. The average molecular weight is 248 g/mol. The van der Waals surface area contributed by atoms with Crippen molar-refractivity contribution in [1.82, 2.24) is 0 Å². The van der Waals surface area contributed by atoms with Crippen LogP contribution < -0.4 is 10.6 Å². The molecule has 0 saturated carbocycles. The number of nitrogens with zero attached hydrogens (tertiary/aromatic N) is 1. The summed E-state index contributed by atoms with van der Waals surface area (Å²) < 4.78 is 0. The summed E-state index contributed by atoms with van der Waals surface area (Å²) in [7, 11) is 0. The predicted octanol–water partition coefficient (Wildman–Crippen LogP) is 2.73. The quantitative estimate of drug-likeness (QED) is 0.790. The molecule has 2 unspecified atom stereocenters. The molecule has 1 heterocycles. The first-order chi connectivity index (χ1) is 8.50. The molecular weight excluding hydrogens is 228 g/mol. The van der Waals surface area contributed by atoms with Gasteiger partial charge in [-0.15, -0.1) is 0 Å². The molecule has 18 heavy (non-hydrogen) atoms. The van der Waals surface area contributed by atoms with Gasteiger partial charge in [-0.05, 0) is 51.3 Å². The maximum absolute atomic E-state index is 11.1. The van der Waals surface area contributed by atoms with Gasteiger partial charge in [0.25, 0.3) is 0 Å². The number of hydrogen-bond donors (Lipinski definition) is 2. The molecule has 0 amide bonds. The van der Waals surface area contributed by atoms with Gasteiger partial charge in [0.15, 0.2) is 0 Å². The normalized spacial score (nSPS) is 24.0. The van der Waals surface area contributed by atoms with Crippen LogP contribution in [0.4, 0.5) is 11.4 Å². The molecular formula is C14H20N2O2. The fraction of sp³-hybridized carbons (Fsp3) is 0.500. The van der Waals surface area contributed by atoms with Crippen LogP contribution in [0.25, 0.3) is 0 Å². The third-order valence-corrected chi connectivity index (χ3v) is 3.76. The lowest BCUT2D eigenvalue weighted by molar-refractivity contribution is 0.0698. The Morgan fingerprint density at radius 1 is 1.33 bits per heavy atom. The molecule has 1 aromatic carbocycles. The molecule has 0 spiro atoms. The van der Waals surface area contributed by atoms with Gasteiger partial charge >= 0.3 is 5.97 Å². The minimum Gasteiger partial charge on any atom is -0.478 e. The predicted molar refractivity (Wildman–Crippen MR) is 73.1 cm³/mol. The van der Waals surface area contributed by atoms with Crippen LogP contribution in [0.5, 0.6) is 0 Å². The van der Waals surface area contributed by atoms with Crippen LogP contribution in [0.1, 0.15) is 43.5 Å². The van der Waals surface area contributed by atoms with E-state index in [1.165, 1.54) is 6.42 Å². The molecule has 4 heteroatoms. The Balaban J connectivity index is 2.38. The van der Waals surface area contributed by atoms with Crippen molar-refractivity contribution in [3.8, 4) is 0 Å². The minimum atomic E-state index is -0.966. The van der Waals surface area contributed by atoms with Crippen LogP contribution in [0.15, 0.2) is 18.2 Å². The van der Waals surface area contributed by atoms with E-state index in [0.29, 0.717) is 17.8 Å². The Labute approximate surface area is 107 Å². The van der Waals surface area contributed by atoms with E-state index in [2.05, 4.69) is 18.7 Å². The monoisotopic (exact) mass is 248 g/mol. The van der Waals surface area contributed by atoms with Crippen molar-refractivity contribution in [3.05, 3.63) is 23.8 Å². The summed E-state index contributed by atoms with van der Waals surface area (Å²) in [5.74, 6) is -0.966. The number of aromatic carboxylic acids is 1. The second kappa shape index (κ2) is 4.88. The Morgan fingerprint density at radius 2 is 1.94 bits per heavy atom. The average Bonchev–Trinajstić information content (AvgIpc) is 2.30. The number of nitrogens with two attached hydrogens (primary N) is 1. The smallest absolute Gasteiger partial charge is 0.337 e. The van der Waals surface area contributed by atoms with Crippen molar-refractivity contribution in [2.24, 2.45) is 0 Å². The Morgan fingerprint density at radius 3 is 2.50 bits per heavy atom. The highest BCUT2D eigenvalue weighted by Crippen LogP contribution is 2.30. The number of rotatable bonds is 2. The van der Waals surface area contributed by atoms with Gasteiger partial charge in [0.1, 0.15) is 0 Å². The number of carboxylic acids is 1. The fourth-order valence-electron chi connectivity index (χ4n) is 2.82. The van der Waals surface area contributed by atoms with Gasteiger partial charge in [0.05, 0.1) is 5.56 Å². The van der Waals surface area contributed by atoms with Crippen molar-refractivity contribution in [1.29, 1.82) is 0 Å². The molecule has 1 saturated heterocycles. The minimum absolute atomic E-state index is 0.192. The van der Waals surface area contributed by atoms with E-state index in [4.69, 9.17) is 10.8 Å². The van der Waals surface area contributed by atoms with Crippen LogP contribution in [-0.2, 0) is 0 Å². The SMILES string of the molecule is CC1CCCC(C)N1c1ccc(N)c(C(=O)O)c1. The van der Waals surface area contributed by atoms with E-state index in [1.54, 1.807) is 12.1 Å². The molecule has 3 N–H and O–H groups in total. The van der Waals surface area contributed by atoms with E-state index in [0.717, 1.165) is 18.5 Å². The van der Waals surface area contributed by atoms with Crippen LogP contribution in [-0.4, -0.2) is 23.2 Å². The summed E-state index contributed by atoms with van der Waals surface area (Å²) in [5, 5.41) is 9.12. The molecule has 1 aromatic rings. The standard InChI is InChI=1S/C14H20N2O2/c1-9-4-3-5-10(2)16(9)11-6-7-13(15)12(8-11)14(17)18/h6-10H,3-5,15H2,1-2H3,(H,17,18). The fourth-order valence-corrected chi connectivity index (χ4v) is 2.82. The summed E-state index contributed by atoms with van der Waals surface area (Å²) in [5.41, 5.74) is 7.16. The van der Waals surface area contributed by atoms with Crippen LogP contribution in [0.3, 0.4) is 0 Å². The Kier molecular flexibility index (Phi) is 3.45. The lowest BCUT2D eigenvalue weighted by Crippen LogP contribution is -2.43. The van der Waals surface area contributed by atoms with E-state index in [9.17, 15) is 4.79 Å². The zero-order valence-corrected chi connectivity index (χ0v) is 10.9. The van der Waals surface area contributed by atoms with E-state index >= 15 is 0 Å². The second-order valence-corrected chi connectivity index (χ2v) is 5.11. The molecule has 1 fully saturated rings. The third-order valence-electron chi connectivity index (χ3n) is 3.76. The lowest BCUT2D eigenvalue weighted by atomic mass is 9.96. The van der Waals surface area contributed by atoms with Crippen molar-refractivity contribution in [2.75, 3.05) is 10.6 Å². The topological polar surface area (TPSA) is 66.6 Å². The number of carboxylic acid groups (broad SMARTS) is 1. The second-order valence-electron chi connectivity index (χ2n) is 5.11. The lowest BCUT2D eigenvalue weighted by Gasteiger charge is -2.41. The molecule has 0 aromatic heterocycles. The maximum atomic E-state index is 11.1. The molecule has 2 atom stereocenters. The van der Waals surface area contributed by atoms with Gasteiger partial charge in [-0.3, -0.25) is 0 Å². The molecule has 4 nitrogen and oxygen atoms in total. The Bertz CT molecular complexity index is 449. The molecule has 0 bridgehead atoms. The summed E-state index contributed by atoms with van der Waals surface area (Å²) >= 11 is 0. The molecule has 0 aliphatic carbocycles. The van der Waals surface area contributed by atoms with Crippen molar-refractivity contribution < 1.29 is 9.90 Å². The molecule has 1 aliphatic heterocycles. The number of carbonyl (C=O) groups is 1. The van der Waals surface area contributed by atoms with Gasteiger partial charge in [-0.25, -0.2) is 4.79 Å². The highest BCUT2D eigenvalue weighted by molar-refractivity contribution is 5.94. The zero-order chi connectivity index (χ0) is 13.3. The first-order valence-corrected chi connectivity index (χ1v) is 6.42. The van der Waals surface area contributed by atoms with Crippen LogP contribution in [0.2, 0.25) is 0 Å². The Hall–Kier alpha value is -1.71. The number of piperidine rings is 1. The maximum Gasteiger partial charge on any atom is 0.337 e. The van der Waals surface area contributed by atoms with Crippen molar-refractivity contribution in [3.63, 3.8) is 0 Å². The van der Waals surface area contributed by atoms with Gasteiger partial charge in [-0.2, -0.15) is 0 Å². The van der Waals surface area contributed by atoms with E-state index < -0.39 is 5.97 Å². The van der Waals surface area contributed by atoms with Gasteiger partial charge in [-0.1, -0.05) is 0 Å². The molecule has 98 valence electrons. The van der Waals surface area contributed by atoms with Gasteiger partial charge < -0.3 is 15.7 Å². The van der Waals surface area contributed by atoms with E-state index in [-0.39, 0.29) is 5.56 Å². The number of nitrogen functional groups attached to an aromatic ring is 1. The number of benzene rings is 1. The molecule has 2 rings (SSSR count). The van der Waals surface area contributed by atoms with Gasteiger partial charge in [0.2, 0.25) is 0 Å². The zero-order valence-electron chi connectivity index (χ0n) is 10.9. The summed E-state index contributed by atoms with van der Waals surface area (Å²) in [6.07, 6.45) is 3.54. The number of anilines is 2. The largest absolute Gasteiger partial charge is 0.478 e. The van der Waals surface area contributed by atoms with Crippen molar-refractivity contribution in [2.45, 2.75) is 45.2 Å². The van der Waals surface area contributed by atoms with Crippen LogP contribution in [0, 0.1) is 0 Å².